The summed E-state index contributed by atoms with van der Waals surface area (Å²) in [5, 5.41) is 4.19. The lowest BCUT2D eigenvalue weighted by atomic mass is 10.1. The first-order valence-corrected chi connectivity index (χ1v) is 10.5. The second-order valence-electron chi connectivity index (χ2n) is 7.33. The summed E-state index contributed by atoms with van der Waals surface area (Å²) in [5.41, 5.74) is -1.93. The number of halogens is 4. The van der Waals surface area contributed by atoms with E-state index in [4.69, 9.17) is 0 Å². The zero-order valence-electron chi connectivity index (χ0n) is 17.6. The molecule has 4 rings (SSSR count). The minimum Gasteiger partial charge on any atom is -0.302 e. The third-order valence-corrected chi connectivity index (χ3v) is 5.85. The number of carbonyl (C=O) groups excluding carboxylic acids is 1. The van der Waals surface area contributed by atoms with Crippen LogP contribution in [0.3, 0.4) is 0 Å². The number of nitrogens with zero attached hydrogens (tertiary/aromatic N) is 4. The van der Waals surface area contributed by atoms with E-state index in [2.05, 4.69) is 15.3 Å². The smallest absolute Gasteiger partial charge is 0.302 e. The molecule has 1 aromatic carbocycles. The van der Waals surface area contributed by atoms with Gasteiger partial charge in [0.1, 0.15) is 11.5 Å². The van der Waals surface area contributed by atoms with Crippen LogP contribution in [0.15, 0.2) is 45.4 Å². The third kappa shape index (κ3) is 4.21. The van der Waals surface area contributed by atoms with Crippen LogP contribution in [-0.2, 0) is 31.5 Å². The Morgan fingerprint density at radius 1 is 1.15 bits per heavy atom. The number of fused-ring (bicyclic) bond motifs is 1. The van der Waals surface area contributed by atoms with Crippen molar-refractivity contribution in [1.82, 2.24) is 19.1 Å². The summed E-state index contributed by atoms with van der Waals surface area (Å²) < 4.78 is 54.6. The Morgan fingerprint density at radius 3 is 2.59 bits per heavy atom. The van der Waals surface area contributed by atoms with Crippen LogP contribution < -0.4 is 16.6 Å². The second kappa shape index (κ2) is 8.48. The van der Waals surface area contributed by atoms with Gasteiger partial charge in [0, 0.05) is 31.2 Å². The number of alkyl halides is 3. The van der Waals surface area contributed by atoms with Crippen LogP contribution in [0.25, 0.3) is 22.3 Å². The van der Waals surface area contributed by atoms with Gasteiger partial charge in [-0.25, -0.2) is 19.2 Å². The molecular weight excluding hydrogens is 478 g/mol. The monoisotopic (exact) mass is 493 g/mol. The molecule has 1 amide bonds. The summed E-state index contributed by atoms with van der Waals surface area (Å²) in [4.78, 5) is 45.5. The zero-order chi connectivity index (χ0) is 24.8. The van der Waals surface area contributed by atoms with E-state index in [1.54, 1.807) is 0 Å². The highest BCUT2D eigenvalue weighted by atomic mass is 32.1. The summed E-state index contributed by atoms with van der Waals surface area (Å²) in [7, 11) is 2.77. The van der Waals surface area contributed by atoms with Crippen molar-refractivity contribution >= 4 is 33.4 Å². The molecule has 0 bridgehead atoms. The molecule has 4 aromatic rings. The Morgan fingerprint density at radius 2 is 1.88 bits per heavy atom. The van der Waals surface area contributed by atoms with Crippen LogP contribution in [0, 0.1) is 5.82 Å². The number of rotatable bonds is 4. The molecule has 0 atom stereocenters. The number of amides is 1. The van der Waals surface area contributed by atoms with Gasteiger partial charge in [-0.2, -0.15) is 13.2 Å². The molecule has 0 fully saturated rings. The number of nitrogens with one attached hydrogen (secondary N) is 1. The van der Waals surface area contributed by atoms with Gasteiger partial charge in [-0.15, -0.1) is 11.3 Å². The van der Waals surface area contributed by atoms with E-state index >= 15 is 0 Å². The first kappa shape index (κ1) is 23.3. The van der Waals surface area contributed by atoms with E-state index in [0.29, 0.717) is 17.7 Å². The molecule has 3 heterocycles. The number of carbonyl (C=O) groups is 1. The van der Waals surface area contributed by atoms with Gasteiger partial charge in [-0.1, -0.05) is 0 Å². The maximum atomic E-state index is 13.5. The minimum atomic E-state index is -4.86. The SMILES string of the molecule is Cn1c(=O)c2c(CC(=O)Nc3nc(-c4ccc(F)c(C(F)(F)F)c4)cs3)ccnc2n(C)c1=O. The number of aromatic nitrogens is 4. The lowest BCUT2D eigenvalue weighted by molar-refractivity contribution is -0.140. The third-order valence-electron chi connectivity index (χ3n) is 5.10. The van der Waals surface area contributed by atoms with E-state index < -0.39 is 34.7 Å². The Balaban J connectivity index is 1.59. The average Bonchev–Trinajstić information content (AvgIpc) is 3.23. The van der Waals surface area contributed by atoms with Crippen molar-refractivity contribution in [2.45, 2.75) is 12.6 Å². The van der Waals surface area contributed by atoms with Crippen molar-refractivity contribution < 1.29 is 22.4 Å². The molecule has 0 unspecified atom stereocenters. The fraction of sp³-hybridized carbons (Fsp3) is 0.190. The molecule has 1 N–H and O–H groups in total. The fourth-order valence-corrected chi connectivity index (χ4v) is 4.13. The molecule has 13 heteroatoms. The quantitative estimate of drug-likeness (QED) is 0.441. The average molecular weight is 493 g/mol. The highest BCUT2D eigenvalue weighted by molar-refractivity contribution is 7.14. The summed E-state index contributed by atoms with van der Waals surface area (Å²) in [5.74, 6) is -1.94. The van der Waals surface area contributed by atoms with Gasteiger partial charge in [-0.05, 0) is 29.8 Å². The largest absolute Gasteiger partial charge is 0.419 e. The first-order valence-electron chi connectivity index (χ1n) is 9.63. The Kier molecular flexibility index (Phi) is 5.81. The molecule has 3 aromatic heterocycles. The van der Waals surface area contributed by atoms with Gasteiger partial charge < -0.3 is 5.32 Å². The molecule has 0 aliphatic rings. The van der Waals surface area contributed by atoms with Gasteiger partial charge in [0.05, 0.1) is 23.1 Å². The van der Waals surface area contributed by atoms with Crippen molar-refractivity contribution in [2.24, 2.45) is 14.1 Å². The van der Waals surface area contributed by atoms with Crippen LogP contribution in [0.2, 0.25) is 0 Å². The topological polar surface area (TPSA) is 98.9 Å². The Bertz CT molecular complexity index is 1560. The molecule has 176 valence electrons. The van der Waals surface area contributed by atoms with E-state index in [9.17, 15) is 31.9 Å². The highest BCUT2D eigenvalue weighted by Gasteiger charge is 2.34. The minimum absolute atomic E-state index is 0.0371. The molecule has 8 nitrogen and oxygen atoms in total. The predicted molar refractivity (Wildman–Crippen MR) is 117 cm³/mol. The Hall–Kier alpha value is -3.87. The van der Waals surface area contributed by atoms with Crippen LogP contribution in [0.4, 0.5) is 22.7 Å². The number of thiazole rings is 1. The molecule has 0 radical (unpaired) electrons. The second-order valence-corrected chi connectivity index (χ2v) is 8.19. The molecule has 34 heavy (non-hydrogen) atoms. The van der Waals surface area contributed by atoms with Crippen molar-refractivity contribution in [2.75, 3.05) is 5.32 Å². The van der Waals surface area contributed by atoms with Gasteiger partial charge in [0.25, 0.3) is 5.56 Å². The maximum Gasteiger partial charge on any atom is 0.419 e. The molecule has 0 saturated carbocycles. The van der Waals surface area contributed by atoms with E-state index in [1.165, 1.54) is 36.3 Å². The van der Waals surface area contributed by atoms with Gasteiger partial charge in [0.15, 0.2) is 5.13 Å². The molecule has 0 aliphatic carbocycles. The van der Waals surface area contributed by atoms with Crippen LogP contribution in [0.1, 0.15) is 11.1 Å². The number of hydrogen-bond acceptors (Lipinski definition) is 6. The van der Waals surface area contributed by atoms with Crippen molar-refractivity contribution in [3.63, 3.8) is 0 Å². The molecule has 0 spiro atoms. The lowest BCUT2D eigenvalue weighted by Crippen LogP contribution is -2.37. The number of aryl methyl sites for hydroxylation is 1. The molecule has 0 aliphatic heterocycles. The summed E-state index contributed by atoms with van der Waals surface area (Å²) >= 11 is 0.973. The maximum absolute atomic E-state index is 13.5. The van der Waals surface area contributed by atoms with Crippen molar-refractivity contribution in [1.29, 1.82) is 0 Å². The van der Waals surface area contributed by atoms with E-state index in [-0.39, 0.29) is 33.8 Å². The predicted octanol–water partition coefficient (Wildman–Crippen LogP) is 3.09. The van der Waals surface area contributed by atoms with E-state index in [0.717, 1.165) is 22.0 Å². The van der Waals surface area contributed by atoms with Crippen LogP contribution in [-0.4, -0.2) is 25.0 Å². The number of anilines is 1. The highest BCUT2D eigenvalue weighted by Crippen LogP contribution is 2.35. The summed E-state index contributed by atoms with van der Waals surface area (Å²) in [6.07, 6.45) is -3.73. The van der Waals surface area contributed by atoms with Gasteiger partial charge >= 0.3 is 11.9 Å². The van der Waals surface area contributed by atoms with Crippen LogP contribution >= 0.6 is 11.3 Å². The Labute approximate surface area is 192 Å². The van der Waals surface area contributed by atoms with Gasteiger partial charge in [-0.3, -0.25) is 18.7 Å². The normalized spacial score (nSPS) is 11.7. The zero-order valence-corrected chi connectivity index (χ0v) is 18.4. The first-order chi connectivity index (χ1) is 16.0. The van der Waals surface area contributed by atoms with E-state index in [1.807, 2.05) is 0 Å². The summed E-state index contributed by atoms with van der Waals surface area (Å²) in [6.45, 7) is 0. The number of hydrogen-bond donors (Lipinski definition) is 1. The van der Waals surface area contributed by atoms with Crippen LogP contribution in [0.5, 0.6) is 0 Å². The standard InChI is InChI=1S/C21H15F4N5O3S/c1-29-17-16(18(32)30(2)20(29)33)11(5-6-26-17)8-15(31)28-19-27-14(9-34-19)10-3-4-13(22)12(7-10)21(23,24)25/h3-7,9H,8H2,1-2H3,(H,27,28,31). The molecule has 0 saturated heterocycles. The molecular formula is C21H15F4N5O3S. The lowest BCUT2D eigenvalue weighted by Gasteiger charge is -2.10. The van der Waals surface area contributed by atoms with Crippen molar-refractivity contribution in [3.05, 3.63) is 73.6 Å². The number of pyridine rings is 1. The van der Waals surface area contributed by atoms with Crippen molar-refractivity contribution in [3.8, 4) is 11.3 Å². The fourth-order valence-electron chi connectivity index (χ4n) is 3.40. The number of benzene rings is 1. The van der Waals surface area contributed by atoms with Gasteiger partial charge in [0.2, 0.25) is 5.91 Å². The summed E-state index contributed by atoms with van der Waals surface area (Å²) in [6, 6.07) is 4.00.